The fourth-order valence-corrected chi connectivity index (χ4v) is 7.16. The summed E-state index contributed by atoms with van der Waals surface area (Å²) in [6, 6.07) is 11.8. The molecule has 1 nitrogen and oxygen atoms in total. The number of ether oxygens (including phenoxy) is 1. The molecule has 15 heteroatoms. The predicted octanol–water partition coefficient (Wildman–Crippen LogP) is 15.2. The lowest BCUT2D eigenvalue weighted by Crippen LogP contribution is -2.70. The molecule has 54 heavy (non-hydrogen) atoms. The highest BCUT2D eigenvalue weighted by molar-refractivity contribution is 7.99. The summed E-state index contributed by atoms with van der Waals surface area (Å²) in [5.41, 5.74) is 2.48. The molecule has 1 unspecified atom stereocenters. The van der Waals surface area contributed by atoms with Crippen molar-refractivity contribution in [3.05, 3.63) is 64.7 Å². The van der Waals surface area contributed by atoms with Crippen molar-refractivity contribution in [1.29, 1.82) is 0 Å². The molecule has 0 bridgehead atoms. The largest absolute Gasteiger partial charge is 0.493 e. The van der Waals surface area contributed by atoms with Crippen molar-refractivity contribution in [2.45, 2.75) is 158 Å². The van der Waals surface area contributed by atoms with Crippen LogP contribution in [0.2, 0.25) is 0 Å². The minimum Gasteiger partial charge on any atom is -0.493 e. The summed E-state index contributed by atoms with van der Waals surface area (Å²) >= 11 is 0.559. The van der Waals surface area contributed by atoms with Crippen molar-refractivity contribution in [3.8, 4) is 5.75 Å². The van der Waals surface area contributed by atoms with Gasteiger partial charge >= 0.3 is 35.8 Å². The third kappa shape index (κ3) is 11.2. The van der Waals surface area contributed by atoms with E-state index in [1.807, 2.05) is 33.8 Å². The summed E-state index contributed by atoms with van der Waals surface area (Å²) in [4.78, 5) is 0. The molecular formula is C39H51F13OS. The van der Waals surface area contributed by atoms with Crippen LogP contribution in [0.1, 0.15) is 145 Å². The molecule has 0 aromatic heterocycles. The number of thioether (sulfide) groups is 1. The number of hydrogen-bond donors (Lipinski definition) is 0. The van der Waals surface area contributed by atoms with Gasteiger partial charge in [-0.15, -0.1) is 11.8 Å². The van der Waals surface area contributed by atoms with Gasteiger partial charge in [0.2, 0.25) is 0 Å². The Bertz CT molecular complexity index is 1410. The van der Waals surface area contributed by atoms with Crippen LogP contribution in [0.4, 0.5) is 57.1 Å². The lowest BCUT2D eigenvalue weighted by Gasteiger charge is -2.39. The molecule has 0 saturated carbocycles. The van der Waals surface area contributed by atoms with E-state index in [1.54, 1.807) is 36.4 Å². The minimum absolute atomic E-state index is 0.0551. The molecule has 2 aromatic rings. The van der Waals surface area contributed by atoms with Gasteiger partial charge in [-0.3, -0.25) is 0 Å². The maximum Gasteiger partial charge on any atom is 0.460 e. The van der Waals surface area contributed by atoms with E-state index >= 15 is 0 Å². The van der Waals surface area contributed by atoms with E-state index in [0.29, 0.717) is 35.1 Å². The van der Waals surface area contributed by atoms with Crippen molar-refractivity contribution in [2.24, 2.45) is 0 Å². The Morgan fingerprint density at radius 3 is 1.52 bits per heavy atom. The molecule has 0 saturated heterocycles. The van der Waals surface area contributed by atoms with E-state index < -0.39 is 53.2 Å². The maximum absolute atomic E-state index is 14.8. The molecule has 0 aliphatic rings. The van der Waals surface area contributed by atoms with Gasteiger partial charge < -0.3 is 4.74 Å². The van der Waals surface area contributed by atoms with E-state index in [9.17, 15) is 57.1 Å². The fraction of sp³-hybridized carbons (Fsp3) is 0.692. The molecule has 0 aliphatic carbocycles. The second kappa shape index (κ2) is 19.7. The van der Waals surface area contributed by atoms with Gasteiger partial charge in [0.1, 0.15) is 5.75 Å². The van der Waals surface area contributed by atoms with Crippen molar-refractivity contribution >= 4 is 11.8 Å². The van der Waals surface area contributed by atoms with Crippen LogP contribution in [0.5, 0.6) is 5.75 Å². The molecule has 0 radical (unpaired) electrons. The van der Waals surface area contributed by atoms with E-state index in [2.05, 4.69) is 6.92 Å². The first kappa shape index (κ1) is 47.8. The third-order valence-corrected chi connectivity index (χ3v) is 10.6. The predicted molar refractivity (Wildman–Crippen MR) is 188 cm³/mol. The first-order valence-corrected chi connectivity index (χ1v) is 19.4. The molecule has 0 N–H and O–H groups in total. The SMILES string of the molecule is CCCCCCCCCCCCOc1c(C(C)C)cc(C(C)C)cc1C(SCCC(F)(F)C(F)(F)C(F)(F)C(F)(F)C(F)(F)C(F)(F)F)c1ccccc1. The third-order valence-electron chi connectivity index (χ3n) is 9.29. The standard InChI is InChI=1S/C39H51F13OS/c1-6-7-8-9-10-11-12-13-14-18-22-53-32-30(27(4)5)24-29(26(2)3)25-31(32)33(28-19-16-15-17-20-28)54-23-21-34(40,41)35(42,43)36(44,45)37(46,47)38(48,49)39(50,51)52/h15-17,19-20,24-27,33H,6-14,18,21-23H2,1-5H3. The number of alkyl halides is 13. The molecule has 2 aromatic carbocycles. The van der Waals surface area contributed by atoms with E-state index in [-0.39, 0.29) is 18.4 Å². The van der Waals surface area contributed by atoms with Gasteiger partial charge in [-0.25, -0.2) is 0 Å². The monoisotopic (exact) mass is 814 g/mol. The average Bonchev–Trinajstić information content (AvgIpc) is 3.08. The second-order valence-electron chi connectivity index (χ2n) is 14.3. The van der Waals surface area contributed by atoms with Crippen molar-refractivity contribution in [2.75, 3.05) is 12.4 Å². The summed E-state index contributed by atoms with van der Waals surface area (Å²) in [5.74, 6) is -37.8. The summed E-state index contributed by atoms with van der Waals surface area (Å²) in [7, 11) is 0. The lowest BCUT2D eigenvalue weighted by atomic mass is 9.89. The fourth-order valence-electron chi connectivity index (χ4n) is 5.84. The molecule has 0 fully saturated rings. The number of benzene rings is 2. The summed E-state index contributed by atoms with van der Waals surface area (Å²) in [5, 5.41) is -0.967. The van der Waals surface area contributed by atoms with Crippen molar-refractivity contribution < 1.29 is 61.8 Å². The summed E-state index contributed by atoms with van der Waals surface area (Å²) in [6.45, 7) is 10.1. The van der Waals surface area contributed by atoms with Crippen molar-refractivity contribution in [3.63, 3.8) is 0 Å². The Labute approximate surface area is 314 Å². The highest BCUT2D eigenvalue weighted by Gasteiger charge is 2.90. The smallest absolute Gasteiger partial charge is 0.460 e. The van der Waals surface area contributed by atoms with Crippen LogP contribution in [0.15, 0.2) is 42.5 Å². The number of hydrogen-bond acceptors (Lipinski definition) is 2. The van der Waals surface area contributed by atoms with Gasteiger partial charge in [0.05, 0.1) is 11.9 Å². The quantitative estimate of drug-likeness (QED) is 0.0771. The number of unbranched alkanes of at least 4 members (excludes halogenated alkanes) is 9. The molecular weight excluding hydrogens is 763 g/mol. The lowest BCUT2D eigenvalue weighted by molar-refractivity contribution is -0.439. The first-order valence-electron chi connectivity index (χ1n) is 18.3. The Hall–Kier alpha value is -2.32. The molecule has 0 spiro atoms. The van der Waals surface area contributed by atoms with Gasteiger partial charge in [-0.05, 0) is 34.9 Å². The molecule has 310 valence electrons. The van der Waals surface area contributed by atoms with Crippen LogP contribution in [0.3, 0.4) is 0 Å². The number of rotatable bonds is 24. The van der Waals surface area contributed by atoms with Crippen LogP contribution < -0.4 is 4.74 Å². The normalized spacial score (nSPS) is 14.3. The zero-order valence-corrected chi connectivity index (χ0v) is 32.0. The zero-order chi connectivity index (χ0) is 41.2. The molecule has 1 atom stereocenters. The molecule has 0 amide bonds. The Morgan fingerprint density at radius 1 is 0.556 bits per heavy atom. The second-order valence-corrected chi connectivity index (χ2v) is 15.5. The molecule has 2 rings (SSSR count). The van der Waals surface area contributed by atoms with Gasteiger partial charge in [-0.1, -0.05) is 135 Å². The van der Waals surface area contributed by atoms with Gasteiger partial charge in [0.15, 0.2) is 0 Å². The highest BCUT2D eigenvalue weighted by Crippen LogP contribution is 2.61. The summed E-state index contributed by atoms with van der Waals surface area (Å²) in [6.07, 6.45) is 1.04. The van der Waals surface area contributed by atoms with E-state index in [1.165, 1.54) is 32.1 Å². The van der Waals surface area contributed by atoms with Gasteiger partial charge in [0.25, 0.3) is 0 Å². The molecule has 0 aliphatic heterocycles. The Kier molecular flexibility index (Phi) is 17.5. The maximum atomic E-state index is 14.8. The number of halogens is 13. The van der Waals surface area contributed by atoms with Gasteiger partial charge in [0, 0.05) is 17.7 Å². The minimum atomic E-state index is -7.92. The van der Waals surface area contributed by atoms with Crippen LogP contribution in [-0.2, 0) is 0 Å². The van der Waals surface area contributed by atoms with Gasteiger partial charge in [-0.2, -0.15) is 57.1 Å². The molecule has 0 heterocycles. The van der Waals surface area contributed by atoms with Crippen LogP contribution in [-0.4, -0.2) is 48.1 Å². The van der Waals surface area contributed by atoms with Crippen LogP contribution >= 0.6 is 11.8 Å². The van der Waals surface area contributed by atoms with Crippen LogP contribution in [0, 0.1) is 0 Å². The highest BCUT2D eigenvalue weighted by atomic mass is 32.2. The van der Waals surface area contributed by atoms with E-state index in [0.717, 1.165) is 36.8 Å². The first-order chi connectivity index (χ1) is 24.9. The summed E-state index contributed by atoms with van der Waals surface area (Å²) < 4.78 is 186. The Balaban J connectivity index is 2.42. The van der Waals surface area contributed by atoms with Crippen molar-refractivity contribution in [1.82, 2.24) is 0 Å². The topological polar surface area (TPSA) is 9.23 Å². The zero-order valence-electron chi connectivity index (χ0n) is 31.2. The van der Waals surface area contributed by atoms with E-state index in [4.69, 9.17) is 4.74 Å². The van der Waals surface area contributed by atoms with Crippen LogP contribution in [0.25, 0.3) is 0 Å². The average molecular weight is 815 g/mol. The Morgan fingerprint density at radius 2 is 1.04 bits per heavy atom.